The molecule has 5 rings (SSSR count). The van der Waals surface area contributed by atoms with Gasteiger partial charge in [-0.1, -0.05) is 85.6 Å². The molecule has 9 nitrogen and oxygen atoms in total. The largest absolute Gasteiger partial charge is 0.488 e. The predicted octanol–water partition coefficient (Wildman–Crippen LogP) is 8.39. The van der Waals surface area contributed by atoms with Crippen molar-refractivity contribution < 1.29 is 24.5 Å². The van der Waals surface area contributed by atoms with Crippen molar-refractivity contribution >= 4 is 18.1 Å². The zero-order valence-corrected chi connectivity index (χ0v) is 31.2. The van der Waals surface area contributed by atoms with Crippen LogP contribution >= 0.6 is 11.6 Å². The summed E-state index contributed by atoms with van der Waals surface area (Å²) in [6, 6.07) is 29.2. The summed E-state index contributed by atoms with van der Waals surface area (Å²) in [5.41, 5.74) is 11.6. The second kappa shape index (κ2) is 21.3. The van der Waals surface area contributed by atoms with E-state index in [1.807, 2.05) is 6.07 Å². The highest BCUT2D eigenvalue weighted by atomic mass is 35.5. The third kappa shape index (κ3) is 11.6. The molecule has 53 heavy (non-hydrogen) atoms. The Bertz CT molecular complexity index is 1980. The van der Waals surface area contributed by atoms with E-state index < -0.39 is 0 Å². The number of nitrogens with zero attached hydrogens (tertiary/aromatic N) is 2. The molecule has 4 N–H and O–H groups in total. The van der Waals surface area contributed by atoms with Gasteiger partial charge in [0.15, 0.2) is 0 Å². The molecule has 0 radical (unpaired) electrons. The van der Waals surface area contributed by atoms with Gasteiger partial charge in [-0.3, -0.25) is 9.78 Å². The lowest BCUT2D eigenvalue weighted by atomic mass is 9.89. The van der Waals surface area contributed by atoms with Gasteiger partial charge in [0.2, 0.25) is 0 Å². The van der Waals surface area contributed by atoms with Crippen molar-refractivity contribution in [2.24, 2.45) is 0 Å². The minimum atomic E-state index is -0.250. The van der Waals surface area contributed by atoms with Gasteiger partial charge in [0.1, 0.15) is 30.8 Å². The maximum Gasteiger partial charge on any atom is 0.290 e. The Morgan fingerprint density at radius 3 is 2.21 bits per heavy atom. The SMILES string of the molecule is CCCCNCc1ccc(-c2cccc(-c3cccc(COc4cc(OCc5cncc(C#N)c5)c(CNCCO)cc4Cl)c3C)c2C)cc1.O=CO. The molecule has 0 aliphatic heterocycles. The molecule has 0 saturated carbocycles. The fourth-order valence-corrected chi connectivity index (χ4v) is 6.15. The van der Waals surface area contributed by atoms with E-state index in [4.69, 9.17) is 31.0 Å². The third-order valence-corrected chi connectivity index (χ3v) is 9.09. The highest BCUT2D eigenvalue weighted by molar-refractivity contribution is 6.32. The summed E-state index contributed by atoms with van der Waals surface area (Å²) in [7, 11) is 0. The van der Waals surface area contributed by atoms with Crippen molar-refractivity contribution in [2.75, 3.05) is 19.7 Å². The van der Waals surface area contributed by atoms with E-state index in [9.17, 15) is 10.4 Å². The maximum atomic E-state index is 9.26. The molecule has 10 heteroatoms. The van der Waals surface area contributed by atoms with E-state index in [0.717, 1.165) is 40.9 Å². The number of nitriles is 1. The lowest BCUT2D eigenvalue weighted by Gasteiger charge is -2.18. The number of rotatable bonds is 17. The van der Waals surface area contributed by atoms with Gasteiger partial charge in [-0.25, -0.2) is 0 Å². The Labute approximate surface area is 317 Å². The Hall–Kier alpha value is -5.24. The van der Waals surface area contributed by atoms with Gasteiger partial charge >= 0.3 is 0 Å². The molecule has 0 aliphatic carbocycles. The number of carbonyl (C=O) groups is 1. The predicted molar refractivity (Wildman–Crippen MR) is 210 cm³/mol. The zero-order valence-electron chi connectivity index (χ0n) is 30.5. The quantitative estimate of drug-likeness (QED) is 0.0549. The molecular formula is C43H47ClN4O5. The van der Waals surface area contributed by atoms with Crippen molar-refractivity contribution in [3.8, 4) is 39.8 Å². The van der Waals surface area contributed by atoms with E-state index in [1.54, 1.807) is 18.3 Å². The monoisotopic (exact) mass is 734 g/mol. The van der Waals surface area contributed by atoms with Crippen molar-refractivity contribution in [3.63, 3.8) is 0 Å². The number of aliphatic hydroxyl groups is 1. The van der Waals surface area contributed by atoms with Gasteiger partial charge in [0.05, 0.1) is 17.2 Å². The zero-order chi connectivity index (χ0) is 38.0. The fraction of sp³-hybridized carbons (Fsp3) is 0.279. The molecule has 0 spiro atoms. The standard InChI is InChI=1S/C42H45ClN4O3.CH2O2/c1-4-5-16-45-23-31-12-14-34(15-13-31)37-9-7-11-39(30(37)3)38-10-6-8-35(29(38)2)28-50-42-21-41(36(20-40(42)43)26-46-17-18-48)49-27-33-19-32(22-44)24-47-25-33;2-1-3/h6-15,19-21,24-25,45-46,48H,4-5,16-18,23,26-28H2,1-3H3;1H,(H,2,3). The number of unbranched alkanes of at least 4 members (excludes halogenated alkanes) is 1. The number of carboxylic acid groups (broad SMARTS) is 1. The summed E-state index contributed by atoms with van der Waals surface area (Å²) < 4.78 is 12.5. The number of aromatic nitrogens is 1. The van der Waals surface area contributed by atoms with Gasteiger partial charge < -0.3 is 30.3 Å². The molecule has 0 bridgehead atoms. The average molecular weight is 735 g/mol. The number of halogens is 1. The van der Waals surface area contributed by atoms with E-state index >= 15 is 0 Å². The molecule has 5 aromatic rings. The van der Waals surface area contributed by atoms with Gasteiger partial charge in [-0.05, 0) is 83.5 Å². The van der Waals surface area contributed by atoms with Gasteiger partial charge in [-0.15, -0.1) is 0 Å². The van der Waals surface area contributed by atoms with Crippen LogP contribution in [0.3, 0.4) is 0 Å². The van der Waals surface area contributed by atoms with Crippen molar-refractivity contribution in [1.29, 1.82) is 5.26 Å². The van der Waals surface area contributed by atoms with Crippen LogP contribution in [0.5, 0.6) is 11.5 Å². The van der Waals surface area contributed by atoms with Crippen molar-refractivity contribution in [1.82, 2.24) is 15.6 Å². The Balaban J connectivity index is 0.00000202. The third-order valence-electron chi connectivity index (χ3n) is 8.79. The van der Waals surface area contributed by atoms with Crippen LogP contribution < -0.4 is 20.1 Å². The normalized spacial score (nSPS) is 10.6. The van der Waals surface area contributed by atoms with Crippen molar-refractivity contribution in [2.45, 2.75) is 59.9 Å². The maximum absolute atomic E-state index is 9.26. The van der Waals surface area contributed by atoms with Gasteiger partial charge in [0.25, 0.3) is 6.47 Å². The highest BCUT2D eigenvalue weighted by Gasteiger charge is 2.15. The number of benzene rings is 4. The summed E-state index contributed by atoms with van der Waals surface area (Å²) >= 11 is 6.74. The Kier molecular flexibility index (Phi) is 16.3. The lowest BCUT2D eigenvalue weighted by molar-refractivity contribution is -0.122. The topological polar surface area (TPSA) is 137 Å². The average Bonchev–Trinajstić information content (AvgIpc) is 3.17. The van der Waals surface area contributed by atoms with E-state index in [-0.39, 0.29) is 19.7 Å². The number of ether oxygens (including phenoxy) is 2. The molecular weight excluding hydrogens is 688 g/mol. The van der Waals surface area contributed by atoms with Crippen LogP contribution in [-0.4, -0.2) is 41.4 Å². The van der Waals surface area contributed by atoms with Crippen LogP contribution in [0.2, 0.25) is 5.02 Å². The molecule has 0 fully saturated rings. The molecule has 0 aliphatic rings. The first-order chi connectivity index (χ1) is 25.8. The molecule has 1 aromatic heterocycles. The summed E-state index contributed by atoms with van der Waals surface area (Å²) in [4.78, 5) is 12.5. The smallest absolute Gasteiger partial charge is 0.290 e. The first-order valence-electron chi connectivity index (χ1n) is 17.6. The second-order valence-electron chi connectivity index (χ2n) is 12.5. The number of hydrogen-bond donors (Lipinski definition) is 4. The van der Waals surface area contributed by atoms with Crippen LogP contribution in [0, 0.1) is 25.2 Å². The minimum absolute atomic E-state index is 0.0181. The van der Waals surface area contributed by atoms with E-state index in [0.29, 0.717) is 41.8 Å². The number of pyridine rings is 1. The summed E-state index contributed by atoms with van der Waals surface area (Å²) in [5.74, 6) is 1.10. The first-order valence-corrected chi connectivity index (χ1v) is 18.0. The van der Waals surface area contributed by atoms with E-state index in [1.165, 1.54) is 46.9 Å². The number of nitrogens with one attached hydrogen (secondary N) is 2. The molecule has 0 amide bonds. The Morgan fingerprint density at radius 2 is 1.49 bits per heavy atom. The van der Waals surface area contributed by atoms with Gasteiger partial charge in [0, 0.05) is 49.2 Å². The summed E-state index contributed by atoms with van der Waals surface area (Å²) in [6.45, 7) is 9.66. The summed E-state index contributed by atoms with van der Waals surface area (Å²) in [6.07, 6.45) is 5.58. The van der Waals surface area contributed by atoms with Crippen LogP contribution in [0.1, 0.15) is 58.7 Å². The van der Waals surface area contributed by atoms with Crippen LogP contribution in [0.4, 0.5) is 0 Å². The van der Waals surface area contributed by atoms with Crippen LogP contribution in [0.15, 0.2) is 91.3 Å². The molecule has 0 atom stereocenters. The first kappa shape index (κ1) is 40.5. The van der Waals surface area contributed by atoms with Crippen LogP contribution in [0.25, 0.3) is 22.3 Å². The van der Waals surface area contributed by atoms with E-state index in [2.05, 4.69) is 103 Å². The molecule has 1 heterocycles. The lowest BCUT2D eigenvalue weighted by Crippen LogP contribution is -2.18. The Morgan fingerprint density at radius 1 is 0.811 bits per heavy atom. The van der Waals surface area contributed by atoms with Crippen LogP contribution in [-0.2, 0) is 31.1 Å². The minimum Gasteiger partial charge on any atom is -0.488 e. The van der Waals surface area contributed by atoms with Gasteiger partial charge in [-0.2, -0.15) is 5.26 Å². The molecule has 0 unspecified atom stereocenters. The number of hydrogen-bond acceptors (Lipinski definition) is 8. The molecule has 0 saturated heterocycles. The second-order valence-corrected chi connectivity index (χ2v) is 12.9. The fourth-order valence-electron chi connectivity index (χ4n) is 5.91. The highest BCUT2D eigenvalue weighted by Crippen LogP contribution is 2.37. The molecule has 4 aromatic carbocycles. The van der Waals surface area contributed by atoms with Crippen molar-refractivity contribution in [3.05, 3.63) is 135 Å². The number of aliphatic hydroxyl groups excluding tert-OH is 1. The summed E-state index contributed by atoms with van der Waals surface area (Å²) in [5, 5.41) is 32.6. The molecule has 276 valence electrons.